The normalized spacial score (nSPS) is 17.9. The zero-order valence-electron chi connectivity index (χ0n) is 15.3. The Bertz CT molecular complexity index is 1010. The highest BCUT2D eigenvalue weighted by atomic mass is 19.4. The quantitative estimate of drug-likeness (QED) is 0.658. The van der Waals surface area contributed by atoms with Crippen molar-refractivity contribution in [2.45, 2.75) is 25.9 Å². The fourth-order valence-corrected chi connectivity index (χ4v) is 3.62. The van der Waals surface area contributed by atoms with E-state index in [-0.39, 0.29) is 22.8 Å². The number of hydrogen-bond acceptors (Lipinski definition) is 3. The summed E-state index contributed by atoms with van der Waals surface area (Å²) < 4.78 is 41.7. The first kappa shape index (κ1) is 18.5. The van der Waals surface area contributed by atoms with Crippen molar-refractivity contribution in [2.75, 3.05) is 13.1 Å². The van der Waals surface area contributed by atoms with E-state index >= 15 is 0 Å². The molecule has 1 unspecified atom stereocenters. The molecule has 0 radical (unpaired) electrons. The van der Waals surface area contributed by atoms with Crippen LogP contribution in [-0.2, 0) is 6.18 Å². The maximum Gasteiger partial charge on any atom is 0.433 e. The van der Waals surface area contributed by atoms with E-state index in [1.165, 1.54) is 6.20 Å². The number of hydrogen-bond donors (Lipinski definition) is 0. The molecule has 146 valence electrons. The molecule has 3 aromatic rings. The molecular weight excluding hydrogens is 369 g/mol. The summed E-state index contributed by atoms with van der Waals surface area (Å²) in [4.78, 5) is 19.0. The maximum atomic E-state index is 13.6. The first-order valence-electron chi connectivity index (χ1n) is 9.15. The van der Waals surface area contributed by atoms with Gasteiger partial charge >= 0.3 is 6.18 Å². The number of fused-ring (bicyclic) bond motifs is 1. The second-order valence-electron chi connectivity index (χ2n) is 7.18. The van der Waals surface area contributed by atoms with E-state index in [0.29, 0.717) is 29.1 Å². The van der Waals surface area contributed by atoms with Crippen molar-refractivity contribution >= 4 is 11.6 Å². The third kappa shape index (κ3) is 3.34. The van der Waals surface area contributed by atoms with Gasteiger partial charge in [0, 0.05) is 18.7 Å². The predicted molar refractivity (Wildman–Crippen MR) is 97.7 cm³/mol. The smallest absolute Gasteiger partial charge is 0.338 e. The van der Waals surface area contributed by atoms with E-state index < -0.39 is 11.9 Å². The van der Waals surface area contributed by atoms with Crippen LogP contribution in [0.4, 0.5) is 13.2 Å². The summed E-state index contributed by atoms with van der Waals surface area (Å²) in [5.74, 6) is 0.0329. The van der Waals surface area contributed by atoms with Crippen molar-refractivity contribution in [3.05, 3.63) is 53.9 Å². The molecule has 1 aliphatic rings. The van der Waals surface area contributed by atoms with Crippen LogP contribution in [0, 0.1) is 5.92 Å². The second kappa shape index (κ2) is 6.92. The Morgan fingerprint density at radius 2 is 1.96 bits per heavy atom. The monoisotopic (exact) mass is 388 g/mol. The minimum Gasteiger partial charge on any atom is -0.338 e. The zero-order chi connectivity index (χ0) is 19.9. The third-order valence-corrected chi connectivity index (χ3v) is 5.01. The Balaban J connectivity index is 1.86. The lowest BCUT2D eigenvalue weighted by molar-refractivity contribution is -0.142. The van der Waals surface area contributed by atoms with Gasteiger partial charge in [-0.25, -0.2) is 9.50 Å². The van der Waals surface area contributed by atoms with Crippen molar-refractivity contribution in [2.24, 2.45) is 5.92 Å². The van der Waals surface area contributed by atoms with Crippen molar-refractivity contribution in [1.29, 1.82) is 0 Å². The number of nitrogens with zero attached hydrogens (tertiary/aromatic N) is 4. The van der Waals surface area contributed by atoms with Crippen LogP contribution < -0.4 is 0 Å². The van der Waals surface area contributed by atoms with Crippen LogP contribution >= 0.6 is 0 Å². The molecule has 1 amide bonds. The lowest BCUT2D eigenvalue weighted by Crippen LogP contribution is -2.39. The molecule has 0 N–H and O–H groups in total. The average Bonchev–Trinajstić information content (AvgIpc) is 3.10. The van der Waals surface area contributed by atoms with Gasteiger partial charge in [0.25, 0.3) is 5.91 Å². The van der Waals surface area contributed by atoms with Gasteiger partial charge in [0.2, 0.25) is 0 Å². The Kier molecular flexibility index (Phi) is 4.56. The number of amides is 1. The zero-order valence-corrected chi connectivity index (χ0v) is 15.3. The Morgan fingerprint density at radius 3 is 2.64 bits per heavy atom. The number of alkyl halides is 3. The van der Waals surface area contributed by atoms with Gasteiger partial charge in [-0.1, -0.05) is 37.3 Å². The third-order valence-electron chi connectivity index (χ3n) is 5.01. The molecule has 1 saturated heterocycles. The fourth-order valence-electron chi connectivity index (χ4n) is 3.62. The molecule has 0 aliphatic carbocycles. The Morgan fingerprint density at radius 1 is 1.21 bits per heavy atom. The summed E-state index contributed by atoms with van der Waals surface area (Å²) in [5, 5.41) is 3.84. The molecule has 1 aromatic carbocycles. The van der Waals surface area contributed by atoms with E-state index in [2.05, 4.69) is 17.0 Å². The van der Waals surface area contributed by atoms with Gasteiger partial charge in [0.05, 0.1) is 11.9 Å². The van der Waals surface area contributed by atoms with Crippen molar-refractivity contribution < 1.29 is 18.0 Å². The number of halogens is 3. The predicted octanol–water partition coefficient (Wildman–Crippen LogP) is 4.29. The van der Waals surface area contributed by atoms with Crippen molar-refractivity contribution in [3.63, 3.8) is 0 Å². The first-order valence-corrected chi connectivity index (χ1v) is 9.15. The molecule has 3 heterocycles. The molecular formula is C20H19F3N4O. The first-order chi connectivity index (χ1) is 13.3. The van der Waals surface area contributed by atoms with Gasteiger partial charge < -0.3 is 4.90 Å². The molecule has 2 aromatic heterocycles. The fraction of sp³-hybridized carbons (Fsp3) is 0.350. The second-order valence-corrected chi connectivity index (χ2v) is 7.18. The van der Waals surface area contributed by atoms with Gasteiger partial charge in [0.1, 0.15) is 5.56 Å². The van der Waals surface area contributed by atoms with Crippen LogP contribution in [0.15, 0.2) is 42.6 Å². The van der Waals surface area contributed by atoms with Crippen LogP contribution in [0.5, 0.6) is 0 Å². The molecule has 1 atom stereocenters. The maximum absolute atomic E-state index is 13.6. The molecule has 0 saturated carbocycles. The summed E-state index contributed by atoms with van der Waals surface area (Å²) in [6, 6.07) is 9.56. The lowest BCUT2D eigenvalue weighted by atomic mass is 10.00. The summed E-state index contributed by atoms with van der Waals surface area (Å²) in [6.45, 7) is 3.23. The number of carbonyl (C=O) groups excluding carboxylic acids is 1. The Labute approximate surface area is 159 Å². The number of aromatic nitrogens is 3. The molecule has 28 heavy (non-hydrogen) atoms. The molecule has 0 spiro atoms. The van der Waals surface area contributed by atoms with Crippen LogP contribution in [0.2, 0.25) is 0 Å². The van der Waals surface area contributed by atoms with Gasteiger partial charge in [-0.15, -0.1) is 0 Å². The van der Waals surface area contributed by atoms with Crippen LogP contribution in [0.1, 0.15) is 35.8 Å². The molecule has 1 fully saturated rings. The standard InChI is InChI=1S/C20H19F3N4O/c1-13-6-5-9-26(12-13)19(28)15-11-24-27-17(20(21,22)23)10-16(25-18(15)27)14-7-3-2-4-8-14/h2-4,7-8,10-11,13H,5-6,9,12H2,1H3. The van der Waals surface area contributed by atoms with Crippen LogP contribution in [0.3, 0.4) is 0 Å². The number of rotatable bonds is 2. The van der Waals surface area contributed by atoms with Crippen molar-refractivity contribution in [3.8, 4) is 11.3 Å². The minimum atomic E-state index is -4.63. The molecule has 1 aliphatic heterocycles. The topological polar surface area (TPSA) is 50.5 Å². The molecule has 4 rings (SSSR count). The van der Waals surface area contributed by atoms with Crippen molar-refractivity contribution in [1.82, 2.24) is 19.5 Å². The Hall–Kier alpha value is -2.90. The summed E-state index contributed by atoms with van der Waals surface area (Å²) in [7, 11) is 0. The summed E-state index contributed by atoms with van der Waals surface area (Å²) in [6.07, 6.45) is -1.53. The van der Waals surface area contributed by atoms with Crippen LogP contribution in [0.25, 0.3) is 16.9 Å². The van der Waals surface area contributed by atoms with E-state index in [0.717, 1.165) is 18.9 Å². The van der Waals surface area contributed by atoms with E-state index in [1.54, 1.807) is 35.2 Å². The van der Waals surface area contributed by atoms with E-state index in [4.69, 9.17) is 0 Å². The highest BCUT2D eigenvalue weighted by Gasteiger charge is 2.36. The number of likely N-dealkylation sites (tertiary alicyclic amines) is 1. The summed E-state index contributed by atoms with van der Waals surface area (Å²) in [5.41, 5.74) is -0.236. The number of benzene rings is 1. The summed E-state index contributed by atoms with van der Waals surface area (Å²) >= 11 is 0. The SMILES string of the molecule is CC1CCCN(C(=O)c2cnn3c(C(F)(F)F)cc(-c4ccccc4)nc23)C1. The lowest BCUT2D eigenvalue weighted by Gasteiger charge is -2.30. The molecule has 5 nitrogen and oxygen atoms in total. The highest BCUT2D eigenvalue weighted by Crippen LogP contribution is 2.33. The van der Waals surface area contributed by atoms with Gasteiger partial charge in [-0.05, 0) is 24.8 Å². The molecule has 8 heteroatoms. The van der Waals surface area contributed by atoms with E-state index in [9.17, 15) is 18.0 Å². The molecule has 0 bridgehead atoms. The van der Waals surface area contributed by atoms with Crippen LogP contribution in [-0.4, -0.2) is 38.5 Å². The largest absolute Gasteiger partial charge is 0.433 e. The minimum absolute atomic E-state index is 0.0723. The number of piperidine rings is 1. The number of carbonyl (C=O) groups is 1. The average molecular weight is 388 g/mol. The van der Waals surface area contributed by atoms with Gasteiger partial charge in [-0.2, -0.15) is 18.3 Å². The van der Waals surface area contributed by atoms with E-state index in [1.807, 2.05) is 0 Å². The van der Waals surface area contributed by atoms with Gasteiger partial charge in [-0.3, -0.25) is 4.79 Å². The van der Waals surface area contributed by atoms with Gasteiger partial charge in [0.15, 0.2) is 11.3 Å². The highest BCUT2D eigenvalue weighted by molar-refractivity contribution is 6.00.